The Morgan fingerprint density at radius 2 is 1.68 bits per heavy atom. The third-order valence-corrected chi connectivity index (χ3v) is 9.01. The van der Waals surface area contributed by atoms with Crippen LogP contribution in [0.5, 0.6) is 5.88 Å². The van der Waals surface area contributed by atoms with Crippen LogP contribution in [-0.2, 0) is 10.0 Å². The van der Waals surface area contributed by atoms with Crippen LogP contribution in [0.4, 0.5) is 5.69 Å². The van der Waals surface area contributed by atoms with Crippen molar-refractivity contribution < 1.29 is 28.5 Å². The molecule has 40 heavy (non-hydrogen) atoms. The number of aliphatic hydroxyl groups is 1. The summed E-state index contributed by atoms with van der Waals surface area (Å²) < 4.78 is 27.9. The fourth-order valence-electron chi connectivity index (χ4n) is 4.97. The second kappa shape index (κ2) is 11.2. The van der Waals surface area contributed by atoms with Gasteiger partial charge in [0.15, 0.2) is 5.88 Å². The second-order valence-corrected chi connectivity index (χ2v) is 11.6. The second-order valence-electron chi connectivity index (χ2n) is 9.66. The lowest BCUT2D eigenvalue weighted by molar-refractivity contribution is 0.0696. The quantitative estimate of drug-likeness (QED) is 0.241. The summed E-state index contributed by atoms with van der Waals surface area (Å²) in [6.07, 6.45) is 0. The lowest BCUT2D eigenvalue weighted by Crippen LogP contribution is -2.49. The predicted octanol–water partition coefficient (Wildman–Crippen LogP) is 3.35. The van der Waals surface area contributed by atoms with Crippen LogP contribution < -0.4 is 0 Å². The number of aromatic hydroxyl groups is 1. The molecule has 0 radical (unpaired) electrons. The fraction of sp³-hybridized carbons (Fsp3) is 0.241. The number of β-amino-alcohol motifs (C(OH)–C–C–N with tert-alkyl or cyclic N) is 1. The first-order valence-electron chi connectivity index (χ1n) is 12.9. The van der Waals surface area contributed by atoms with E-state index >= 15 is 0 Å². The molecule has 0 saturated carbocycles. The van der Waals surface area contributed by atoms with Gasteiger partial charge in [-0.25, -0.2) is 18.2 Å². The number of fused-ring (bicyclic) bond motifs is 1. The number of aliphatic hydroxyl groups excluding tert-OH is 1. The Hall–Kier alpha value is -4.03. The van der Waals surface area contributed by atoms with E-state index < -0.39 is 16.0 Å². The van der Waals surface area contributed by atoms with E-state index in [1.165, 1.54) is 22.5 Å². The van der Waals surface area contributed by atoms with Crippen LogP contribution in [0, 0.1) is 6.92 Å². The smallest absolute Gasteiger partial charge is 0.336 e. The summed E-state index contributed by atoms with van der Waals surface area (Å²) >= 11 is 0. The first kappa shape index (κ1) is 27.5. The van der Waals surface area contributed by atoms with Gasteiger partial charge in [-0.15, -0.1) is 0 Å². The summed E-state index contributed by atoms with van der Waals surface area (Å²) in [6.45, 7) is 4.08. The number of aromatic nitrogens is 1. The Labute approximate surface area is 231 Å². The van der Waals surface area contributed by atoms with E-state index in [9.17, 15) is 23.4 Å². The number of piperazine rings is 1. The maximum atomic E-state index is 13.2. The van der Waals surface area contributed by atoms with Gasteiger partial charge in [-0.1, -0.05) is 30.3 Å². The third-order valence-electron chi connectivity index (χ3n) is 7.10. The van der Waals surface area contributed by atoms with E-state index in [2.05, 4.69) is 4.98 Å². The molecular formula is C29H30N4O6S. The normalized spacial score (nSPS) is 15.5. The van der Waals surface area contributed by atoms with Crippen molar-refractivity contribution in [2.45, 2.75) is 11.8 Å². The zero-order valence-electron chi connectivity index (χ0n) is 21.9. The molecule has 0 unspecified atom stereocenters. The highest BCUT2D eigenvalue weighted by molar-refractivity contribution is 7.89. The number of carboxylic acid groups (broad SMARTS) is 1. The molecule has 3 aromatic carbocycles. The molecule has 208 valence electrons. The molecule has 1 aromatic heterocycles. The summed E-state index contributed by atoms with van der Waals surface area (Å²) in [6, 6.07) is 18.7. The standard InChI is InChI=1S/C29H30N4O6S/c1-19-17-24-25(18-23(19)29(36)37)31-28(35)26(24)27(20-5-3-2-4-6-20)30-21-7-9-22(10-8-21)40(38,39)33-13-11-32(12-14-33)15-16-34/h2-10,17-18,31,34-35H,11-16H2,1H3,(H,36,37). The Morgan fingerprint density at radius 3 is 2.30 bits per heavy atom. The number of nitrogens with one attached hydrogen (secondary N) is 1. The van der Waals surface area contributed by atoms with Gasteiger partial charge in [0.2, 0.25) is 10.0 Å². The van der Waals surface area contributed by atoms with Crippen LogP contribution in [0.1, 0.15) is 27.0 Å². The van der Waals surface area contributed by atoms with Gasteiger partial charge in [0.25, 0.3) is 0 Å². The molecule has 1 fully saturated rings. The molecule has 4 N–H and O–H groups in total. The Bertz CT molecular complexity index is 1670. The van der Waals surface area contributed by atoms with Crippen molar-refractivity contribution in [2.24, 2.45) is 4.99 Å². The predicted molar refractivity (Wildman–Crippen MR) is 152 cm³/mol. The number of aromatic amines is 1. The highest BCUT2D eigenvalue weighted by atomic mass is 32.2. The minimum absolute atomic E-state index is 0.0407. The average Bonchev–Trinajstić information content (AvgIpc) is 3.26. The Kier molecular flexibility index (Phi) is 7.72. The molecule has 0 amide bonds. The molecule has 4 aromatic rings. The molecule has 0 atom stereocenters. The fourth-order valence-corrected chi connectivity index (χ4v) is 6.39. The number of aromatic carboxylic acids is 1. The van der Waals surface area contributed by atoms with Crippen LogP contribution in [0.2, 0.25) is 0 Å². The number of H-pyrrole nitrogens is 1. The number of carboxylic acids is 1. The van der Waals surface area contributed by atoms with Crippen LogP contribution in [-0.4, -0.2) is 88.9 Å². The largest absolute Gasteiger partial charge is 0.494 e. The maximum Gasteiger partial charge on any atom is 0.336 e. The first-order chi connectivity index (χ1) is 19.2. The minimum atomic E-state index is -3.69. The molecule has 0 spiro atoms. The molecule has 0 bridgehead atoms. The van der Waals surface area contributed by atoms with Crippen LogP contribution in [0.15, 0.2) is 76.6 Å². The number of aryl methyl sites for hydroxylation is 1. The topological polar surface area (TPSA) is 147 Å². The molecule has 1 aliphatic heterocycles. The van der Waals surface area contributed by atoms with Gasteiger partial charge < -0.3 is 20.3 Å². The van der Waals surface area contributed by atoms with Crippen molar-refractivity contribution in [3.8, 4) is 5.88 Å². The van der Waals surface area contributed by atoms with E-state index in [0.29, 0.717) is 66.2 Å². The maximum absolute atomic E-state index is 13.2. The lowest BCUT2D eigenvalue weighted by atomic mass is 9.98. The number of nitrogens with zero attached hydrogens (tertiary/aromatic N) is 3. The number of aliphatic imine (C=N–C) groups is 1. The number of sulfonamides is 1. The molecule has 1 aliphatic rings. The zero-order chi connectivity index (χ0) is 28.4. The lowest BCUT2D eigenvalue weighted by Gasteiger charge is -2.33. The molecule has 10 nitrogen and oxygen atoms in total. The Balaban J connectivity index is 1.52. The van der Waals surface area contributed by atoms with Crippen molar-refractivity contribution in [1.29, 1.82) is 0 Å². The highest BCUT2D eigenvalue weighted by Gasteiger charge is 2.28. The van der Waals surface area contributed by atoms with E-state index in [1.54, 1.807) is 25.1 Å². The van der Waals surface area contributed by atoms with Gasteiger partial charge in [0, 0.05) is 49.2 Å². The molecular weight excluding hydrogens is 532 g/mol. The van der Waals surface area contributed by atoms with E-state index in [4.69, 9.17) is 10.1 Å². The first-order valence-corrected chi connectivity index (χ1v) is 14.3. The van der Waals surface area contributed by atoms with Crippen molar-refractivity contribution in [3.05, 3.63) is 89.0 Å². The Morgan fingerprint density at radius 1 is 1.00 bits per heavy atom. The molecule has 11 heteroatoms. The number of carbonyl (C=O) groups is 1. The van der Waals surface area contributed by atoms with Crippen molar-refractivity contribution >= 4 is 38.3 Å². The molecule has 0 aliphatic carbocycles. The number of hydrogen-bond donors (Lipinski definition) is 4. The van der Waals surface area contributed by atoms with Crippen LogP contribution in [0.3, 0.4) is 0 Å². The number of benzene rings is 3. The van der Waals surface area contributed by atoms with Gasteiger partial charge >= 0.3 is 5.97 Å². The van der Waals surface area contributed by atoms with Crippen molar-refractivity contribution in [3.63, 3.8) is 0 Å². The van der Waals surface area contributed by atoms with E-state index in [0.717, 1.165) is 5.56 Å². The van der Waals surface area contributed by atoms with E-state index in [-0.39, 0.29) is 22.9 Å². The third kappa shape index (κ3) is 5.36. The van der Waals surface area contributed by atoms with Crippen molar-refractivity contribution in [2.75, 3.05) is 39.3 Å². The summed E-state index contributed by atoms with van der Waals surface area (Å²) in [4.78, 5) is 21.5. The minimum Gasteiger partial charge on any atom is -0.494 e. The SMILES string of the molecule is Cc1cc2c(C(=Nc3ccc(S(=O)(=O)N4CCN(CCO)CC4)cc3)c3ccccc3)c(O)[nH]c2cc1C(=O)O. The monoisotopic (exact) mass is 562 g/mol. The summed E-state index contributed by atoms with van der Waals surface area (Å²) in [7, 11) is -3.69. The van der Waals surface area contributed by atoms with Gasteiger partial charge in [0.05, 0.1) is 34.0 Å². The van der Waals surface area contributed by atoms with Gasteiger partial charge in [-0.05, 0) is 48.9 Å². The zero-order valence-corrected chi connectivity index (χ0v) is 22.7. The number of hydrogen-bond acceptors (Lipinski definition) is 7. The van der Waals surface area contributed by atoms with Gasteiger partial charge in [-0.3, -0.25) is 4.90 Å². The van der Waals surface area contributed by atoms with E-state index in [1.807, 2.05) is 35.2 Å². The summed E-state index contributed by atoms with van der Waals surface area (Å²) in [5, 5.41) is 30.2. The van der Waals surface area contributed by atoms with Crippen molar-refractivity contribution in [1.82, 2.24) is 14.2 Å². The summed E-state index contributed by atoms with van der Waals surface area (Å²) in [5.74, 6) is -1.21. The number of rotatable bonds is 8. The van der Waals surface area contributed by atoms with Crippen LogP contribution in [0.25, 0.3) is 10.9 Å². The summed E-state index contributed by atoms with van der Waals surface area (Å²) in [5.41, 5.74) is 3.19. The van der Waals surface area contributed by atoms with Crippen LogP contribution >= 0.6 is 0 Å². The molecule has 5 rings (SSSR count). The molecule has 1 saturated heterocycles. The van der Waals surface area contributed by atoms with Gasteiger partial charge in [0.1, 0.15) is 0 Å². The highest BCUT2D eigenvalue weighted by Crippen LogP contribution is 2.33. The average molecular weight is 563 g/mol. The van der Waals surface area contributed by atoms with Gasteiger partial charge in [-0.2, -0.15) is 4.31 Å². The molecule has 2 heterocycles.